The highest BCUT2D eigenvalue weighted by molar-refractivity contribution is 8.19. The molecule has 0 aliphatic carbocycles. The maximum absolute atomic E-state index is 12.8. The van der Waals surface area contributed by atoms with Crippen molar-refractivity contribution in [2.75, 3.05) is 14.2 Å². The van der Waals surface area contributed by atoms with Gasteiger partial charge in [0.25, 0.3) is 0 Å². The van der Waals surface area contributed by atoms with Gasteiger partial charge in [-0.05, 0) is 18.6 Å². The average molecular weight is 375 g/mol. The van der Waals surface area contributed by atoms with Crippen molar-refractivity contribution in [3.05, 3.63) is 38.7 Å². The average Bonchev–Trinajstić information content (AvgIpc) is 3.19. The van der Waals surface area contributed by atoms with E-state index in [2.05, 4.69) is 10.2 Å². The first kappa shape index (κ1) is 17.6. The Labute approximate surface area is 153 Å². The second kappa shape index (κ2) is 7.37. The van der Waals surface area contributed by atoms with Crippen molar-refractivity contribution in [3.8, 4) is 11.5 Å². The summed E-state index contributed by atoms with van der Waals surface area (Å²) in [7, 11) is 3.12. The van der Waals surface area contributed by atoms with E-state index in [1.165, 1.54) is 11.3 Å². The number of ether oxygens (including phenoxy) is 2. The SMILES string of the molecule is CCc1nnc([C@@H]2C(=N)S/C(=C\c3cccc(OC)c3OC)C2=O)s1. The monoisotopic (exact) mass is 375 g/mol. The van der Waals surface area contributed by atoms with E-state index in [0.717, 1.165) is 28.8 Å². The van der Waals surface area contributed by atoms with Gasteiger partial charge in [0.2, 0.25) is 0 Å². The van der Waals surface area contributed by atoms with Gasteiger partial charge >= 0.3 is 0 Å². The molecule has 0 unspecified atom stereocenters. The van der Waals surface area contributed by atoms with E-state index in [4.69, 9.17) is 14.9 Å². The second-order valence-corrected chi connectivity index (χ2v) is 7.42. The van der Waals surface area contributed by atoms with Crippen LogP contribution in [0.3, 0.4) is 0 Å². The number of hydrogen-bond acceptors (Lipinski definition) is 8. The quantitative estimate of drug-likeness (QED) is 0.805. The van der Waals surface area contributed by atoms with Gasteiger partial charge in [0.15, 0.2) is 17.3 Å². The normalized spacial score (nSPS) is 18.8. The summed E-state index contributed by atoms with van der Waals surface area (Å²) in [6.07, 6.45) is 2.51. The Kier molecular flexibility index (Phi) is 5.19. The molecule has 1 aromatic heterocycles. The number of carbonyl (C=O) groups excluding carboxylic acids is 1. The number of aryl methyl sites for hydroxylation is 1. The van der Waals surface area contributed by atoms with Crippen LogP contribution >= 0.6 is 23.1 Å². The maximum atomic E-state index is 12.8. The molecular weight excluding hydrogens is 358 g/mol. The number of para-hydroxylation sites is 1. The second-order valence-electron chi connectivity index (χ2n) is 5.24. The molecule has 3 rings (SSSR count). The van der Waals surface area contributed by atoms with Crippen LogP contribution in [0.15, 0.2) is 23.1 Å². The zero-order valence-corrected chi connectivity index (χ0v) is 15.7. The molecule has 1 aliphatic heterocycles. The number of hydrogen-bond donors (Lipinski definition) is 1. The van der Waals surface area contributed by atoms with Crippen molar-refractivity contribution in [3.63, 3.8) is 0 Å². The fraction of sp³-hybridized carbons (Fsp3) is 0.294. The molecule has 25 heavy (non-hydrogen) atoms. The molecule has 1 aromatic carbocycles. The summed E-state index contributed by atoms with van der Waals surface area (Å²) in [5, 5.41) is 18.1. The molecule has 1 saturated heterocycles. The van der Waals surface area contributed by atoms with E-state index < -0.39 is 5.92 Å². The molecule has 1 atom stereocenters. The molecule has 1 fully saturated rings. The molecule has 0 spiro atoms. The number of benzene rings is 1. The minimum atomic E-state index is -0.648. The standard InChI is InChI=1S/C17H17N3O3S2/c1-4-12-19-20-17(25-12)13-14(21)11(24-16(13)18)8-9-6-5-7-10(22-2)15(9)23-3/h5-8,13,18H,4H2,1-3H3/b11-8-,18-16?/t13-/m0/s1. The zero-order valence-electron chi connectivity index (χ0n) is 14.0. The van der Waals surface area contributed by atoms with Gasteiger partial charge in [0, 0.05) is 5.56 Å². The highest BCUT2D eigenvalue weighted by atomic mass is 32.2. The fourth-order valence-corrected chi connectivity index (χ4v) is 4.45. The predicted molar refractivity (Wildman–Crippen MR) is 99.9 cm³/mol. The topological polar surface area (TPSA) is 85.2 Å². The Bertz CT molecular complexity index is 861. The molecule has 6 nitrogen and oxygen atoms in total. The van der Waals surface area contributed by atoms with Crippen LogP contribution in [0, 0.1) is 5.41 Å². The van der Waals surface area contributed by atoms with Crippen molar-refractivity contribution in [1.29, 1.82) is 5.41 Å². The van der Waals surface area contributed by atoms with Crippen LogP contribution in [0.4, 0.5) is 0 Å². The van der Waals surface area contributed by atoms with Crippen LogP contribution in [-0.2, 0) is 11.2 Å². The summed E-state index contributed by atoms with van der Waals surface area (Å²) in [6, 6.07) is 5.47. The Morgan fingerprint density at radius 1 is 1.28 bits per heavy atom. The van der Waals surface area contributed by atoms with E-state index in [-0.39, 0.29) is 10.8 Å². The molecule has 2 heterocycles. The van der Waals surface area contributed by atoms with Crippen molar-refractivity contribution in [1.82, 2.24) is 10.2 Å². The van der Waals surface area contributed by atoms with Crippen LogP contribution in [0.5, 0.6) is 11.5 Å². The van der Waals surface area contributed by atoms with Crippen LogP contribution in [0.1, 0.15) is 28.4 Å². The van der Waals surface area contributed by atoms with Gasteiger partial charge in [0.05, 0.1) is 24.2 Å². The van der Waals surface area contributed by atoms with E-state index in [1.807, 2.05) is 19.1 Å². The lowest BCUT2D eigenvalue weighted by Crippen LogP contribution is -2.11. The third kappa shape index (κ3) is 3.32. The van der Waals surface area contributed by atoms with Crippen LogP contribution in [0.2, 0.25) is 0 Å². The van der Waals surface area contributed by atoms with E-state index in [9.17, 15) is 4.79 Å². The van der Waals surface area contributed by atoms with Gasteiger partial charge in [-0.25, -0.2) is 0 Å². The number of ketones is 1. The Hall–Kier alpha value is -2.19. The molecule has 130 valence electrons. The molecule has 0 bridgehead atoms. The number of rotatable bonds is 5. The molecular formula is C17H17N3O3S2. The number of allylic oxidation sites excluding steroid dienone is 1. The van der Waals surface area contributed by atoms with Crippen molar-refractivity contribution in [2.24, 2.45) is 0 Å². The van der Waals surface area contributed by atoms with E-state index in [1.54, 1.807) is 26.4 Å². The highest BCUT2D eigenvalue weighted by Gasteiger charge is 2.39. The van der Waals surface area contributed by atoms with Gasteiger partial charge in [-0.1, -0.05) is 30.8 Å². The van der Waals surface area contributed by atoms with Gasteiger partial charge in [-0.2, -0.15) is 0 Å². The number of carbonyl (C=O) groups is 1. The number of nitrogens with one attached hydrogen (secondary N) is 1. The first-order chi connectivity index (χ1) is 12.1. The van der Waals surface area contributed by atoms with Crippen LogP contribution in [0.25, 0.3) is 6.08 Å². The lowest BCUT2D eigenvalue weighted by atomic mass is 10.0. The largest absolute Gasteiger partial charge is 0.493 e. The summed E-state index contributed by atoms with van der Waals surface area (Å²) in [5.41, 5.74) is 0.734. The summed E-state index contributed by atoms with van der Waals surface area (Å²) >= 11 is 2.55. The third-order valence-electron chi connectivity index (χ3n) is 3.74. The molecule has 0 radical (unpaired) electrons. The summed E-state index contributed by atoms with van der Waals surface area (Å²) in [6.45, 7) is 1.99. The molecule has 0 saturated carbocycles. The number of aromatic nitrogens is 2. The molecule has 8 heteroatoms. The summed E-state index contributed by atoms with van der Waals surface area (Å²) < 4.78 is 10.7. The van der Waals surface area contributed by atoms with Crippen molar-refractivity contribution < 1.29 is 14.3 Å². The number of nitrogens with zero attached hydrogens (tertiary/aromatic N) is 2. The van der Waals surface area contributed by atoms with Crippen LogP contribution in [-0.4, -0.2) is 35.2 Å². The van der Waals surface area contributed by atoms with Gasteiger partial charge in [0.1, 0.15) is 15.9 Å². The minimum Gasteiger partial charge on any atom is -0.493 e. The minimum absolute atomic E-state index is 0.126. The van der Waals surface area contributed by atoms with Crippen LogP contribution < -0.4 is 9.47 Å². The van der Waals surface area contributed by atoms with Gasteiger partial charge < -0.3 is 9.47 Å². The Morgan fingerprint density at radius 3 is 2.72 bits per heavy atom. The molecule has 1 N–H and O–H groups in total. The summed E-state index contributed by atoms with van der Waals surface area (Å²) in [5.74, 6) is 0.380. The Morgan fingerprint density at radius 2 is 2.08 bits per heavy atom. The highest BCUT2D eigenvalue weighted by Crippen LogP contribution is 2.43. The lowest BCUT2D eigenvalue weighted by molar-refractivity contribution is -0.114. The third-order valence-corrected chi connectivity index (χ3v) is 5.87. The number of methoxy groups -OCH3 is 2. The van der Waals surface area contributed by atoms with E-state index >= 15 is 0 Å². The maximum Gasteiger partial charge on any atom is 0.186 e. The number of thioether (sulfide) groups is 1. The number of Topliss-reactive ketones (excluding diaryl/α,β-unsaturated/α-hetero) is 1. The smallest absolute Gasteiger partial charge is 0.186 e. The molecule has 1 aliphatic rings. The molecule has 0 amide bonds. The first-order valence-corrected chi connectivity index (χ1v) is 9.27. The first-order valence-electron chi connectivity index (χ1n) is 7.64. The van der Waals surface area contributed by atoms with Crippen molar-refractivity contribution in [2.45, 2.75) is 19.3 Å². The molecule has 2 aromatic rings. The van der Waals surface area contributed by atoms with E-state index in [0.29, 0.717) is 21.4 Å². The van der Waals surface area contributed by atoms with Crippen molar-refractivity contribution >= 4 is 40.0 Å². The fourth-order valence-electron chi connectivity index (χ4n) is 2.51. The van der Waals surface area contributed by atoms with Gasteiger partial charge in [-0.15, -0.1) is 21.5 Å². The summed E-state index contributed by atoms with van der Waals surface area (Å²) in [4.78, 5) is 13.3. The predicted octanol–water partition coefficient (Wildman–Crippen LogP) is 3.54. The zero-order chi connectivity index (χ0) is 18.0. The Balaban J connectivity index is 1.96. The lowest BCUT2D eigenvalue weighted by Gasteiger charge is -2.10. The van der Waals surface area contributed by atoms with Gasteiger partial charge in [-0.3, -0.25) is 10.2 Å².